The molecule has 6 nitrogen and oxygen atoms in total. The fourth-order valence-electron chi connectivity index (χ4n) is 2.41. The van der Waals surface area contributed by atoms with Gasteiger partial charge in [0.15, 0.2) is 0 Å². The lowest BCUT2D eigenvalue weighted by atomic mass is 10.1. The highest BCUT2D eigenvalue weighted by atomic mass is 19.4. The highest BCUT2D eigenvalue weighted by Crippen LogP contribution is 2.22. The Balaban J connectivity index is 1.86. The smallest absolute Gasteiger partial charge is 0.406 e. The Morgan fingerprint density at radius 3 is 2.39 bits per heavy atom. The molecule has 0 saturated carbocycles. The van der Waals surface area contributed by atoms with Crippen LogP contribution in [0.5, 0.6) is 5.75 Å². The number of anilines is 1. The highest BCUT2D eigenvalue weighted by Gasteiger charge is 2.30. The van der Waals surface area contributed by atoms with E-state index in [0.717, 1.165) is 5.56 Å². The molecule has 2 aromatic carbocycles. The summed E-state index contributed by atoms with van der Waals surface area (Å²) >= 11 is 0. The Hall–Kier alpha value is -3.23. The minimum atomic E-state index is -4.74. The second-order valence-electron chi connectivity index (χ2n) is 6.05. The van der Waals surface area contributed by atoms with E-state index in [1.807, 2.05) is 6.07 Å². The molecule has 0 aromatic heterocycles. The van der Waals surface area contributed by atoms with Gasteiger partial charge in [0.05, 0.1) is 6.04 Å². The molecule has 3 N–H and O–H groups in total. The van der Waals surface area contributed by atoms with Crippen molar-refractivity contribution in [2.24, 2.45) is 0 Å². The van der Waals surface area contributed by atoms with Crippen LogP contribution in [0.2, 0.25) is 0 Å². The molecule has 0 radical (unpaired) electrons. The van der Waals surface area contributed by atoms with Gasteiger partial charge in [-0.15, -0.1) is 13.2 Å². The van der Waals surface area contributed by atoms with Crippen molar-refractivity contribution in [3.63, 3.8) is 0 Å². The van der Waals surface area contributed by atoms with Gasteiger partial charge in [0.25, 0.3) is 0 Å². The van der Waals surface area contributed by atoms with E-state index in [4.69, 9.17) is 0 Å². The van der Waals surface area contributed by atoms with E-state index in [0.29, 0.717) is 11.3 Å². The molecule has 0 aliphatic carbocycles. The third-order valence-corrected chi connectivity index (χ3v) is 3.66. The van der Waals surface area contributed by atoms with Gasteiger partial charge < -0.3 is 20.7 Å². The monoisotopic (exact) mass is 395 g/mol. The van der Waals surface area contributed by atoms with Crippen LogP contribution in [0.1, 0.15) is 31.0 Å². The lowest BCUT2D eigenvalue weighted by Gasteiger charge is -2.16. The number of rotatable bonds is 6. The summed E-state index contributed by atoms with van der Waals surface area (Å²) in [5, 5.41) is 8.06. The molecule has 2 aromatic rings. The molecule has 0 heterocycles. The van der Waals surface area contributed by atoms with Gasteiger partial charge in [-0.05, 0) is 42.3 Å². The van der Waals surface area contributed by atoms with Gasteiger partial charge in [0.1, 0.15) is 5.75 Å². The third-order valence-electron chi connectivity index (χ3n) is 3.66. The van der Waals surface area contributed by atoms with Gasteiger partial charge in [-0.2, -0.15) is 0 Å². The zero-order chi connectivity index (χ0) is 20.7. The molecule has 0 aliphatic heterocycles. The molecule has 0 saturated heterocycles. The van der Waals surface area contributed by atoms with E-state index in [1.165, 1.54) is 31.2 Å². The fourth-order valence-corrected chi connectivity index (χ4v) is 2.41. The summed E-state index contributed by atoms with van der Waals surface area (Å²) < 4.78 is 40.2. The number of nitrogens with one attached hydrogen (secondary N) is 3. The zero-order valence-electron chi connectivity index (χ0n) is 15.3. The maximum Gasteiger partial charge on any atom is 0.573 e. The lowest BCUT2D eigenvalue weighted by molar-refractivity contribution is -0.274. The number of amides is 3. The van der Waals surface area contributed by atoms with Gasteiger partial charge in [0.2, 0.25) is 5.91 Å². The molecule has 0 spiro atoms. The number of alkyl halides is 3. The largest absolute Gasteiger partial charge is 0.573 e. The maximum atomic E-state index is 12.1. The molecule has 0 unspecified atom stereocenters. The number of hydrogen-bond donors (Lipinski definition) is 3. The van der Waals surface area contributed by atoms with Crippen molar-refractivity contribution in [1.82, 2.24) is 10.6 Å². The average Bonchev–Trinajstić information content (AvgIpc) is 2.59. The molecular formula is C19H20F3N3O3. The third kappa shape index (κ3) is 7.18. The van der Waals surface area contributed by atoms with Crippen molar-refractivity contribution < 1.29 is 27.5 Å². The molecule has 1 atom stereocenters. The average molecular weight is 395 g/mol. The molecule has 28 heavy (non-hydrogen) atoms. The summed E-state index contributed by atoms with van der Waals surface area (Å²) in [6.07, 6.45) is -4.74. The first-order chi connectivity index (χ1) is 13.1. The number of ether oxygens (including phenoxy) is 1. The van der Waals surface area contributed by atoms with Gasteiger partial charge in [0, 0.05) is 19.2 Å². The number of carbonyl (C=O) groups excluding carboxylic acids is 2. The van der Waals surface area contributed by atoms with Crippen LogP contribution in [0.25, 0.3) is 0 Å². The van der Waals surface area contributed by atoms with Crippen LogP contribution in [-0.2, 0) is 11.3 Å². The van der Waals surface area contributed by atoms with Crippen LogP contribution < -0.4 is 20.7 Å². The van der Waals surface area contributed by atoms with Crippen molar-refractivity contribution in [3.8, 4) is 5.75 Å². The van der Waals surface area contributed by atoms with Crippen molar-refractivity contribution in [3.05, 3.63) is 59.7 Å². The van der Waals surface area contributed by atoms with Crippen LogP contribution in [0.15, 0.2) is 48.5 Å². The van der Waals surface area contributed by atoms with Crippen molar-refractivity contribution >= 4 is 17.6 Å². The first-order valence-electron chi connectivity index (χ1n) is 8.39. The zero-order valence-corrected chi connectivity index (χ0v) is 15.3. The van der Waals surface area contributed by atoms with Gasteiger partial charge >= 0.3 is 12.4 Å². The predicted octanol–water partition coefficient (Wildman–Crippen LogP) is 4.10. The Morgan fingerprint density at radius 1 is 1.11 bits per heavy atom. The van der Waals surface area contributed by atoms with Crippen molar-refractivity contribution in [2.75, 3.05) is 5.32 Å². The fraction of sp³-hybridized carbons (Fsp3) is 0.263. The second kappa shape index (κ2) is 9.12. The van der Waals surface area contributed by atoms with Crippen LogP contribution in [0.3, 0.4) is 0 Å². The first-order valence-corrected chi connectivity index (χ1v) is 8.39. The number of urea groups is 1. The molecule has 3 amide bonds. The highest BCUT2D eigenvalue weighted by molar-refractivity contribution is 5.88. The van der Waals surface area contributed by atoms with Crippen LogP contribution in [0, 0.1) is 0 Å². The summed E-state index contributed by atoms with van der Waals surface area (Å²) in [5.74, 6) is -0.518. The van der Waals surface area contributed by atoms with Crippen molar-refractivity contribution in [2.45, 2.75) is 32.8 Å². The molecule has 0 bridgehead atoms. The second-order valence-corrected chi connectivity index (χ2v) is 6.05. The molecule has 9 heteroatoms. The summed E-state index contributed by atoms with van der Waals surface area (Å²) in [4.78, 5) is 23.2. The SMILES string of the molecule is CC(=O)Nc1cccc([C@@H](C)NC(=O)NCc2ccc(OC(F)(F)F)cc2)c1. The van der Waals surface area contributed by atoms with E-state index in [9.17, 15) is 22.8 Å². The van der Waals surface area contributed by atoms with E-state index in [2.05, 4.69) is 20.7 Å². The Kier molecular flexibility index (Phi) is 6.86. The summed E-state index contributed by atoms with van der Waals surface area (Å²) in [5.41, 5.74) is 2.04. The normalized spacial score (nSPS) is 12.0. The van der Waals surface area contributed by atoms with Crippen molar-refractivity contribution in [1.29, 1.82) is 0 Å². The van der Waals surface area contributed by atoms with Gasteiger partial charge in [-0.25, -0.2) is 4.79 Å². The summed E-state index contributed by atoms with van der Waals surface area (Å²) in [6, 6.07) is 11.5. The standard InChI is InChI=1S/C19H20F3N3O3/c1-12(15-4-3-5-16(10-15)25-13(2)26)24-18(27)23-11-14-6-8-17(9-7-14)28-19(20,21)22/h3-10,12H,11H2,1-2H3,(H,25,26)(H2,23,24,27)/t12-/m1/s1. The predicted molar refractivity (Wildman–Crippen MR) is 97.7 cm³/mol. The molecule has 150 valence electrons. The Labute approximate surface area is 160 Å². The molecule has 0 fully saturated rings. The maximum absolute atomic E-state index is 12.1. The van der Waals surface area contributed by atoms with E-state index in [1.54, 1.807) is 25.1 Å². The number of halogens is 3. The molecule has 0 aliphatic rings. The van der Waals surface area contributed by atoms with Crippen LogP contribution in [0.4, 0.5) is 23.7 Å². The first kappa shape index (κ1) is 21.1. The number of hydrogen-bond acceptors (Lipinski definition) is 3. The van der Waals surface area contributed by atoms with Crippen LogP contribution >= 0.6 is 0 Å². The van der Waals surface area contributed by atoms with E-state index >= 15 is 0 Å². The lowest BCUT2D eigenvalue weighted by Crippen LogP contribution is -2.36. The topological polar surface area (TPSA) is 79.5 Å². The minimum Gasteiger partial charge on any atom is -0.406 e. The summed E-state index contributed by atoms with van der Waals surface area (Å²) in [7, 11) is 0. The van der Waals surface area contributed by atoms with E-state index in [-0.39, 0.29) is 24.2 Å². The number of benzene rings is 2. The van der Waals surface area contributed by atoms with Crippen LogP contribution in [-0.4, -0.2) is 18.3 Å². The summed E-state index contributed by atoms with van der Waals surface area (Å²) in [6.45, 7) is 3.33. The molecule has 2 rings (SSSR count). The Bertz CT molecular complexity index is 823. The minimum absolute atomic E-state index is 0.136. The quantitative estimate of drug-likeness (QED) is 0.689. The van der Waals surface area contributed by atoms with E-state index < -0.39 is 12.4 Å². The molecular weight excluding hydrogens is 375 g/mol. The van der Waals surface area contributed by atoms with Gasteiger partial charge in [-0.1, -0.05) is 24.3 Å². The van der Waals surface area contributed by atoms with Gasteiger partial charge in [-0.3, -0.25) is 4.79 Å². The number of carbonyl (C=O) groups is 2. The Morgan fingerprint density at radius 2 is 1.79 bits per heavy atom.